The lowest BCUT2D eigenvalue weighted by Gasteiger charge is -2.08. The normalized spacial score (nSPS) is 10.8. The quantitative estimate of drug-likeness (QED) is 0.433. The maximum Gasteiger partial charge on any atom is 0.00945 e. The molecule has 1 aromatic rings. The second kappa shape index (κ2) is 11.0. The molecule has 0 amide bonds. The summed E-state index contributed by atoms with van der Waals surface area (Å²) >= 11 is 18.4. The molecule has 0 nitrogen and oxygen atoms in total. The molecule has 0 aliphatic rings. The smallest absolute Gasteiger partial charge is 0.00945 e. The second-order valence-electron chi connectivity index (χ2n) is 3.36. The van der Waals surface area contributed by atoms with Crippen LogP contribution in [-0.2, 0) is 0 Å². The van der Waals surface area contributed by atoms with Gasteiger partial charge in [-0.15, -0.1) is 35.3 Å². The first-order chi connectivity index (χ1) is 8.80. The van der Waals surface area contributed by atoms with Crippen LogP contribution in [0.2, 0.25) is 0 Å². The molecule has 1 aromatic carbocycles. The monoisotopic (exact) mass is 354 g/mol. The third-order valence-electron chi connectivity index (χ3n) is 1.93. The van der Waals surface area contributed by atoms with Crippen LogP contribution in [0.5, 0.6) is 0 Å². The van der Waals surface area contributed by atoms with E-state index in [1.165, 1.54) is 14.7 Å². The van der Waals surface area contributed by atoms with E-state index < -0.39 is 0 Å². The Balaban J connectivity index is 2.74. The van der Waals surface area contributed by atoms with Crippen molar-refractivity contribution in [2.24, 2.45) is 0 Å². The fraction of sp³-hybridized carbons (Fsp3) is 0.500. The highest BCUT2D eigenvalue weighted by atomic mass is 32.2. The third-order valence-corrected chi connectivity index (χ3v) is 6.44. The average molecular weight is 355 g/mol. The van der Waals surface area contributed by atoms with Gasteiger partial charge in [0.1, 0.15) is 0 Å². The Labute approximate surface area is 139 Å². The summed E-state index contributed by atoms with van der Waals surface area (Å²) in [5.41, 5.74) is 0. The van der Waals surface area contributed by atoms with Crippen LogP contribution in [0, 0.1) is 0 Å². The van der Waals surface area contributed by atoms with Crippen molar-refractivity contribution in [3.8, 4) is 0 Å². The van der Waals surface area contributed by atoms with E-state index in [0.717, 1.165) is 34.5 Å². The van der Waals surface area contributed by atoms with Crippen molar-refractivity contribution in [1.82, 2.24) is 0 Å². The van der Waals surface area contributed by atoms with E-state index in [1.807, 2.05) is 35.3 Å². The predicted octanol–water partition coefficient (Wildman–Crippen LogP) is 4.75. The predicted molar refractivity (Wildman–Crippen MR) is 100 cm³/mol. The molecular weight excluding hydrogens is 337 g/mol. The molecule has 0 bridgehead atoms. The summed E-state index contributed by atoms with van der Waals surface area (Å²) in [6, 6.07) is 6.81. The van der Waals surface area contributed by atoms with Crippen molar-refractivity contribution in [3.05, 3.63) is 18.2 Å². The molecule has 0 N–H and O–H groups in total. The van der Waals surface area contributed by atoms with Gasteiger partial charge in [-0.05, 0) is 35.5 Å². The molecule has 102 valence electrons. The van der Waals surface area contributed by atoms with E-state index in [9.17, 15) is 0 Å². The number of hydrogen-bond donors (Lipinski definition) is 3. The molecule has 18 heavy (non-hydrogen) atoms. The van der Waals surface area contributed by atoms with Gasteiger partial charge in [0.05, 0.1) is 0 Å². The largest absolute Gasteiger partial charge is 0.178 e. The topological polar surface area (TPSA) is 0 Å². The second-order valence-corrected chi connectivity index (χ2v) is 8.20. The van der Waals surface area contributed by atoms with Gasteiger partial charge in [0.2, 0.25) is 0 Å². The highest BCUT2D eigenvalue weighted by Crippen LogP contribution is 2.31. The van der Waals surface area contributed by atoms with Crippen LogP contribution in [0.3, 0.4) is 0 Å². The van der Waals surface area contributed by atoms with Crippen LogP contribution in [0.1, 0.15) is 0 Å². The summed E-state index contributed by atoms with van der Waals surface area (Å²) in [5, 5.41) is 0. The summed E-state index contributed by atoms with van der Waals surface area (Å²) in [6.07, 6.45) is 0. The first kappa shape index (κ1) is 17.4. The summed E-state index contributed by atoms with van der Waals surface area (Å²) in [7, 11) is 0. The molecule has 0 saturated heterocycles. The Morgan fingerprint density at radius 1 is 0.611 bits per heavy atom. The number of thioether (sulfide) groups is 3. The van der Waals surface area contributed by atoms with Gasteiger partial charge in [0.25, 0.3) is 0 Å². The van der Waals surface area contributed by atoms with Gasteiger partial charge in [-0.1, -0.05) is 0 Å². The van der Waals surface area contributed by atoms with E-state index in [2.05, 4.69) is 56.1 Å². The molecule has 0 spiro atoms. The van der Waals surface area contributed by atoms with Crippen LogP contribution in [-0.4, -0.2) is 34.5 Å². The van der Waals surface area contributed by atoms with E-state index >= 15 is 0 Å². The summed E-state index contributed by atoms with van der Waals surface area (Å²) in [5.74, 6) is 5.91. The molecule has 0 saturated carbocycles. The molecule has 1 rings (SSSR count). The van der Waals surface area contributed by atoms with Crippen molar-refractivity contribution in [1.29, 1.82) is 0 Å². The lowest BCUT2D eigenvalue weighted by Crippen LogP contribution is -1.86. The molecule has 0 heterocycles. The SMILES string of the molecule is SCCSc1cc(SCCS)cc(SCCS)c1. The Hall–Kier alpha value is 1.32. The summed E-state index contributed by atoms with van der Waals surface area (Å²) in [4.78, 5) is 4.03. The Morgan fingerprint density at radius 3 is 1.11 bits per heavy atom. The lowest BCUT2D eigenvalue weighted by atomic mass is 10.4. The van der Waals surface area contributed by atoms with E-state index in [4.69, 9.17) is 0 Å². The van der Waals surface area contributed by atoms with Crippen LogP contribution in [0.25, 0.3) is 0 Å². The molecule has 0 radical (unpaired) electrons. The van der Waals surface area contributed by atoms with Crippen molar-refractivity contribution in [3.63, 3.8) is 0 Å². The van der Waals surface area contributed by atoms with Crippen LogP contribution >= 0.6 is 73.2 Å². The molecule has 0 unspecified atom stereocenters. The Bertz CT molecular complexity index is 277. The van der Waals surface area contributed by atoms with E-state index in [1.54, 1.807) is 0 Å². The fourth-order valence-electron chi connectivity index (χ4n) is 1.29. The number of rotatable bonds is 9. The van der Waals surface area contributed by atoms with Crippen LogP contribution in [0.15, 0.2) is 32.9 Å². The lowest BCUT2D eigenvalue weighted by molar-refractivity contribution is 1.22. The zero-order valence-electron chi connectivity index (χ0n) is 10.0. The molecule has 0 aromatic heterocycles. The van der Waals surface area contributed by atoms with E-state index in [0.29, 0.717) is 0 Å². The third kappa shape index (κ3) is 7.20. The molecular formula is C12H18S6. The first-order valence-corrected chi connectivity index (χ1v) is 10.5. The number of benzene rings is 1. The molecule has 0 aliphatic heterocycles. The van der Waals surface area contributed by atoms with Crippen molar-refractivity contribution >= 4 is 73.2 Å². The molecule has 0 atom stereocenters. The highest BCUT2D eigenvalue weighted by molar-refractivity contribution is 8.01. The van der Waals surface area contributed by atoms with Gasteiger partial charge in [0, 0.05) is 31.9 Å². The zero-order valence-corrected chi connectivity index (χ0v) is 15.2. The molecule has 6 heteroatoms. The standard InChI is InChI=1S/C12H18S6/c13-1-4-16-10-7-11(17-5-2-14)9-12(8-10)18-6-3-15/h7-9,13-15H,1-6H2. The number of thiol groups is 3. The highest BCUT2D eigenvalue weighted by Gasteiger charge is 2.03. The van der Waals surface area contributed by atoms with Gasteiger partial charge in [-0.25, -0.2) is 0 Å². The first-order valence-electron chi connectivity index (χ1n) is 5.66. The van der Waals surface area contributed by atoms with Gasteiger partial charge in [-0.2, -0.15) is 37.9 Å². The fourth-order valence-corrected chi connectivity index (χ4v) is 4.57. The minimum Gasteiger partial charge on any atom is -0.178 e. The van der Waals surface area contributed by atoms with E-state index in [-0.39, 0.29) is 0 Å². The maximum absolute atomic E-state index is 4.26. The van der Waals surface area contributed by atoms with Crippen LogP contribution in [0.4, 0.5) is 0 Å². The van der Waals surface area contributed by atoms with Crippen molar-refractivity contribution in [2.75, 3.05) is 34.5 Å². The average Bonchev–Trinajstić information content (AvgIpc) is 2.40. The van der Waals surface area contributed by atoms with Gasteiger partial charge in [0.15, 0.2) is 0 Å². The maximum atomic E-state index is 4.26. The minimum absolute atomic E-state index is 0.914. The Kier molecular flexibility index (Phi) is 10.6. The van der Waals surface area contributed by atoms with Crippen molar-refractivity contribution in [2.45, 2.75) is 14.7 Å². The van der Waals surface area contributed by atoms with Crippen molar-refractivity contribution < 1.29 is 0 Å². The minimum atomic E-state index is 0.914. The number of hydrogen-bond acceptors (Lipinski definition) is 6. The van der Waals surface area contributed by atoms with Gasteiger partial charge in [-0.3, -0.25) is 0 Å². The van der Waals surface area contributed by atoms with Crippen LogP contribution < -0.4 is 0 Å². The molecule has 0 fully saturated rings. The summed E-state index contributed by atoms with van der Waals surface area (Å²) in [6.45, 7) is 0. The zero-order chi connectivity index (χ0) is 13.2. The van der Waals surface area contributed by atoms with Gasteiger partial charge >= 0.3 is 0 Å². The Morgan fingerprint density at radius 2 is 0.889 bits per heavy atom. The van der Waals surface area contributed by atoms with Gasteiger partial charge < -0.3 is 0 Å². The molecule has 0 aliphatic carbocycles. The summed E-state index contributed by atoms with van der Waals surface area (Å²) < 4.78 is 0.